The van der Waals surface area contributed by atoms with Gasteiger partial charge in [0.05, 0.1) is 6.42 Å². The summed E-state index contributed by atoms with van der Waals surface area (Å²) in [7, 11) is 3.74. The maximum Gasteiger partial charge on any atom is 0.471 e. The number of hydrogen-bond acceptors (Lipinski definition) is 5. The zero-order valence-electron chi connectivity index (χ0n) is 34.8. The van der Waals surface area contributed by atoms with Gasteiger partial charge in [-0.05, 0) is 75.3 Å². The Bertz CT molecular complexity index is 1940. The van der Waals surface area contributed by atoms with E-state index in [-0.39, 0.29) is 6.42 Å². The molecule has 12 heteroatoms. The topological polar surface area (TPSA) is 87.2 Å². The van der Waals surface area contributed by atoms with Crippen LogP contribution in [0.2, 0.25) is 5.02 Å². The molecular formula is C46H57ClF3N3O5. The molecule has 3 aromatic rings. The first-order chi connectivity index (χ1) is 27.2. The quantitative estimate of drug-likeness (QED) is 0.127. The molecule has 314 valence electrons. The lowest BCUT2D eigenvalue weighted by Crippen LogP contribution is -2.62. The van der Waals surface area contributed by atoms with E-state index in [9.17, 15) is 32.3 Å². The van der Waals surface area contributed by atoms with Crippen LogP contribution in [0.25, 0.3) is 0 Å². The number of carbonyl (C=O) groups is 4. The smallest absolute Gasteiger partial charge is 0.444 e. The fourth-order valence-corrected chi connectivity index (χ4v) is 8.92. The Labute approximate surface area is 346 Å². The first-order valence-corrected chi connectivity index (χ1v) is 20.6. The highest BCUT2D eigenvalue weighted by Crippen LogP contribution is 2.51. The largest absolute Gasteiger partial charge is 0.471 e. The van der Waals surface area contributed by atoms with Crippen molar-refractivity contribution in [1.82, 2.24) is 14.7 Å². The first-order valence-electron chi connectivity index (χ1n) is 20.2. The van der Waals surface area contributed by atoms with Crippen molar-refractivity contribution in [3.8, 4) is 0 Å². The number of likely N-dealkylation sites (N-methyl/N-ethyl adjacent to an activating group) is 3. The lowest BCUT2D eigenvalue weighted by atomic mass is 9.78. The summed E-state index contributed by atoms with van der Waals surface area (Å²) >= 11 is 6.95. The summed E-state index contributed by atoms with van der Waals surface area (Å²) in [6.45, 7) is 7.50. The zero-order valence-corrected chi connectivity index (χ0v) is 35.6. The lowest BCUT2D eigenvalue weighted by Gasteiger charge is -2.42. The number of carbonyl (C=O) groups excluding carboxylic acids is 4. The van der Waals surface area contributed by atoms with Crippen molar-refractivity contribution in [2.24, 2.45) is 17.8 Å². The molecule has 0 bridgehead atoms. The summed E-state index contributed by atoms with van der Waals surface area (Å²) in [5.41, 5.74) is -0.154. The molecule has 0 N–H and O–H groups in total. The molecule has 0 radical (unpaired) electrons. The Balaban J connectivity index is 1.43. The van der Waals surface area contributed by atoms with E-state index in [2.05, 4.69) is 12.1 Å². The minimum atomic E-state index is -5.19. The van der Waals surface area contributed by atoms with E-state index in [0.717, 1.165) is 30.2 Å². The minimum absolute atomic E-state index is 0.235. The van der Waals surface area contributed by atoms with Gasteiger partial charge in [-0.2, -0.15) is 13.2 Å². The summed E-state index contributed by atoms with van der Waals surface area (Å²) in [5, 5.41) is 0.404. The van der Waals surface area contributed by atoms with E-state index in [1.807, 2.05) is 60.7 Å². The van der Waals surface area contributed by atoms with Crippen molar-refractivity contribution in [3.05, 3.63) is 106 Å². The van der Waals surface area contributed by atoms with Crippen LogP contribution in [0.1, 0.15) is 108 Å². The van der Waals surface area contributed by atoms with Crippen molar-refractivity contribution in [3.63, 3.8) is 0 Å². The van der Waals surface area contributed by atoms with Crippen molar-refractivity contribution in [2.75, 3.05) is 21.1 Å². The second kappa shape index (κ2) is 17.9. The number of esters is 1. The van der Waals surface area contributed by atoms with Gasteiger partial charge in [-0.1, -0.05) is 118 Å². The zero-order chi connectivity index (χ0) is 42.7. The molecule has 3 amide bonds. The number of benzene rings is 3. The molecule has 0 aromatic heterocycles. The van der Waals surface area contributed by atoms with Crippen LogP contribution in [0.3, 0.4) is 0 Å². The molecule has 4 unspecified atom stereocenters. The monoisotopic (exact) mass is 823 g/mol. The van der Waals surface area contributed by atoms with E-state index >= 15 is 0 Å². The molecule has 2 saturated carbocycles. The highest BCUT2D eigenvalue weighted by molar-refractivity contribution is 6.31. The maximum absolute atomic E-state index is 14.4. The SMILES string of the molecule is CC(C)[C@@H](C(=O)N(C)[C@H](C)CC(=O)OC(c1ccccc1)(c1ccc(C2CCCCC3CC3C2)cc1)c1ccccc1Cl)N(C)C(=O)C(C)(C)N(C)C(=O)C(F)(F)F. The van der Waals surface area contributed by atoms with Crippen LogP contribution in [-0.4, -0.2) is 83.3 Å². The Hall–Kier alpha value is -4.38. The molecule has 0 heterocycles. The molecule has 0 saturated heterocycles. The molecule has 0 spiro atoms. The summed E-state index contributed by atoms with van der Waals surface area (Å²) in [5.74, 6) is -2.54. The molecule has 2 aliphatic carbocycles. The highest BCUT2D eigenvalue weighted by Gasteiger charge is 2.50. The number of nitrogens with zero attached hydrogens (tertiary/aromatic N) is 3. The van der Waals surface area contributed by atoms with Crippen LogP contribution in [0.5, 0.6) is 0 Å². The van der Waals surface area contributed by atoms with Crippen molar-refractivity contribution < 1.29 is 37.1 Å². The van der Waals surface area contributed by atoms with Gasteiger partial charge in [0.1, 0.15) is 11.6 Å². The number of rotatable bonds is 13. The second-order valence-corrected chi connectivity index (χ2v) is 17.5. The first kappa shape index (κ1) is 44.7. The Kier molecular flexibility index (Phi) is 13.8. The average molecular weight is 824 g/mol. The van der Waals surface area contributed by atoms with E-state index in [1.54, 1.807) is 26.8 Å². The molecule has 58 heavy (non-hydrogen) atoms. The number of alkyl halides is 3. The summed E-state index contributed by atoms with van der Waals surface area (Å²) in [6, 6.07) is 23.2. The van der Waals surface area contributed by atoms with Crippen LogP contribution < -0.4 is 0 Å². The van der Waals surface area contributed by atoms with Gasteiger partial charge in [-0.15, -0.1) is 0 Å². The van der Waals surface area contributed by atoms with Crippen LogP contribution in [0.4, 0.5) is 13.2 Å². The second-order valence-electron chi connectivity index (χ2n) is 17.1. The standard InChI is InChI=1S/C46H57ClF3N3O5/c1-29(2)40(52(7)42(56)44(4,5)53(8)43(57)46(48,49)50)41(55)51(6)30(3)26-39(54)58-45(35-18-10-9-11-19-35,37-20-14-15-21-38(37)47)36-24-22-31(23-25-36)32-16-12-13-17-33-28-34(33)27-32/h9-11,14-15,18-25,29-30,32-34,40H,12-13,16-17,26-28H2,1-8H3/t30-,32?,33?,34?,40+,45?/m1/s1. The summed E-state index contributed by atoms with van der Waals surface area (Å²) in [4.78, 5) is 57.1. The fourth-order valence-electron chi connectivity index (χ4n) is 8.66. The third-order valence-electron chi connectivity index (χ3n) is 12.5. The van der Waals surface area contributed by atoms with E-state index in [4.69, 9.17) is 16.3 Å². The van der Waals surface area contributed by atoms with Crippen LogP contribution in [-0.2, 0) is 29.5 Å². The van der Waals surface area contributed by atoms with Crippen LogP contribution in [0.15, 0.2) is 78.9 Å². The molecular weight excluding hydrogens is 767 g/mol. The maximum atomic E-state index is 14.4. The van der Waals surface area contributed by atoms with Gasteiger partial charge in [0.2, 0.25) is 11.8 Å². The molecule has 8 nitrogen and oxygen atoms in total. The molecule has 2 aliphatic rings. The van der Waals surface area contributed by atoms with E-state index in [0.29, 0.717) is 32.5 Å². The lowest BCUT2D eigenvalue weighted by molar-refractivity contribution is -0.191. The van der Waals surface area contributed by atoms with Gasteiger partial charge in [0, 0.05) is 48.9 Å². The number of halogens is 4. The predicted octanol–water partition coefficient (Wildman–Crippen LogP) is 9.38. The van der Waals surface area contributed by atoms with Gasteiger partial charge in [-0.25, -0.2) is 0 Å². The number of hydrogen-bond donors (Lipinski definition) is 0. The number of ether oxygens (including phenoxy) is 1. The van der Waals surface area contributed by atoms with Gasteiger partial charge in [0.15, 0.2) is 5.60 Å². The molecule has 3 aromatic carbocycles. The molecule has 0 aliphatic heterocycles. The van der Waals surface area contributed by atoms with Crippen molar-refractivity contribution in [1.29, 1.82) is 0 Å². The summed E-state index contributed by atoms with van der Waals surface area (Å²) < 4.78 is 46.6. The Morgan fingerprint density at radius 1 is 0.759 bits per heavy atom. The van der Waals surface area contributed by atoms with Crippen molar-refractivity contribution in [2.45, 2.75) is 115 Å². The third kappa shape index (κ3) is 9.40. The third-order valence-corrected chi connectivity index (χ3v) is 12.9. The van der Waals surface area contributed by atoms with Gasteiger partial charge in [0.25, 0.3) is 0 Å². The minimum Gasteiger partial charge on any atom is -0.444 e. The fraction of sp³-hybridized carbons (Fsp3) is 0.522. The predicted molar refractivity (Wildman–Crippen MR) is 219 cm³/mol. The number of fused-ring (bicyclic) bond motifs is 1. The van der Waals surface area contributed by atoms with Crippen molar-refractivity contribution >= 4 is 35.3 Å². The number of amides is 3. The Morgan fingerprint density at radius 3 is 1.95 bits per heavy atom. The Morgan fingerprint density at radius 2 is 1.34 bits per heavy atom. The van der Waals surface area contributed by atoms with Gasteiger partial charge >= 0.3 is 18.1 Å². The highest BCUT2D eigenvalue weighted by atomic mass is 35.5. The van der Waals surface area contributed by atoms with Gasteiger partial charge < -0.3 is 19.4 Å². The normalized spacial score (nSPS) is 20.3. The van der Waals surface area contributed by atoms with Crippen LogP contribution >= 0.6 is 11.6 Å². The van der Waals surface area contributed by atoms with E-state index < -0.39 is 59.0 Å². The molecule has 2 fully saturated rings. The average Bonchev–Trinajstić information content (AvgIpc) is 3.91. The summed E-state index contributed by atoms with van der Waals surface area (Å²) in [6.07, 6.45) is 2.04. The van der Waals surface area contributed by atoms with Crippen LogP contribution in [0, 0.1) is 17.8 Å². The molecule has 5 rings (SSSR count). The van der Waals surface area contributed by atoms with E-state index in [1.165, 1.54) is 70.5 Å². The van der Waals surface area contributed by atoms with Gasteiger partial charge in [-0.3, -0.25) is 19.2 Å². The molecule has 6 atom stereocenters.